The third kappa shape index (κ3) is 9.42. The van der Waals surface area contributed by atoms with Gasteiger partial charge in [-0.15, -0.1) is 0 Å². The summed E-state index contributed by atoms with van der Waals surface area (Å²) in [5.74, 6) is 0.0459. The maximum absolute atomic E-state index is 12.8. The van der Waals surface area contributed by atoms with Gasteiger partial charge in [0, 0.05) is 20.6 Å². The third-order valence-corrected chi connectivity index (χ3v) is 7.77. The van der Waals surface area contributed by atoms with Crippen molar-refractivity contribution in [3.05, 3.63) is 28.8 Å². The Balaban J connectivity index is 3.18. The molecule has 0 amide bonds. The second-order valence-electron chi connectivity index (χ2n) is 10.8. The van der Waals surface area contributed by atoms with Gasteiger partial charge in [0.25, 0.3) is 0 Å². The molecule has 1 rings (SSSR count). The van der Waals surface area contributed by atoms with E-state index in [-0.39, 0.29) is 23.0 Å². The summed E-state index contributed by atoms with van der Waals surface area (Å²) in [6.07, 6.45) is 3.61. The van der Waals surface area contributed by atoms with E-state index >= 15 is 0 Å². The Hall–Kier alpha value is -1.36. The minimum atomic E-state index is -3.34. The predicted octanol–water partition coefficient (Wildman–Crippen LogP) is 6.90. The molecule has 0 aromatic heterocycles. The fourth-order valence-electron chi connectivity index (χ4n) is 3.73. The van der Waals surface area contributed by atoms with Crippen LogP contribution in [0.2, 0.25) is 0 Å². The summed E-state index contributed by atoms with van der Waals surface area (Å²) in [5, 5.41) is 11.0. The molecule has 0 bridgehead atoms. The van der Waals surface area contributed by atoms with E-state index in [9.17, 15) is 14.5 Å². The molecule has 0 saturated carbocycles. The highest BCUT2D eigenvalue weighted by atomic mass is 31.2. The van der Waals surface area contributed by atoms with Crippen molar-refractivity contribution in [2.75, 3.05) is 20.4 Å². The number of aromatic hydroxyl groups is 1. The van der Waals surface area contributed by atoms with Crippen LogP contribution < -0.4 is 0 Å². The number of phenolic OH excluding ortho intramolecular Hbond substituents is 1. The van der Waals surface area contributed by atoms with Crippen LogP contribution in [0.1, 0.15) is 97.3 Å². The number of aryl methyl sites for hydroxylation is 1. The Bertz CT molecular complexity index is 776. The van der Waals surface area contributed by atoms with Gasteiger partial charge in [-0.1, -0.05) is 73.4 Å². The fourth-order valence-corrected chi connectivity index (χ4v) is 4.94. The SMILES string of the molecule is CCCCCC(=O)OC(CCc1cc(C(C)(C)C)c(O)c(C(C)(C)C)c1)CP(=O)(OC)OC. The maximum atomic E-state index is 12.8. The average molecular weight is 485 g/mol. The molecule has 7 heteroatoms. The molecule has 1 unspecified atom stereocenters. The second kappa shape index (κ2) is 12.4. The first-order valence-corrected chi connectivity index (χ1v) is 13.7. The molecule has 0 aliphatic rings. The number of ether oxygens (including phenoxy) is 1. The normalized spacial score (nSPS) is 13.7. The van der Waals surface area contributed by atoms with Crippen molar-refractivity contribution in [1.29, 1.82) is 0 Å². The topological polar surface area (TPSA) is 82.1 Å². The summed E-state index contributed by atoms with van der Waals surface area (Å²) in [7, 11) is -0.658. The van der Waals surface area contributed by atoms with Gasteiger partial charge in [0.1, 0.15) is 11.9 Å². The molecule has 1 aromatic rings. The summed E-state index contributed by atoms with van der Waals surface area (Å²) in [6, 6.07) is 4.05. The number of carbonyl (C=O) groups is 1. The molecule has 0 radical (unpaired) electrons. The lowest BCUT2D eigenvalue weighted by Gasteiger charge is -2.28. The smallest absolute Gasteiger partial charge is 0.333 e. The third-order valence-electron chi connectivity index (χ3n) is 5.81. The summed E-state index contributed by atoms with van der Waals surface area (Å²) >= 11 is 0. The summed E-state index contributed by atoms with van der Waals surface area (Å²) in [6.45, 7) is 14.5. The molecular weight excluding hydrogens is 439 g/mol. The van der Waals surface area contributed by atoms with Crippen LogP contribution in [-0.2, 0) is 40.4 Å². The zero-order valence-corrected chi connectivity index (χ0v) is 23.0. The zero-order chi connectivity index (χ0) is 25.4. The second-order valence-corrected chi connectivity index (χ2v) is 13.1. The Morgan fingerprint density at radius 3 is 1.94 bits per heavy atom. The Morgan fingerprint density at radius 1 is 1.00 bits per heavy atom. The van der Waals surface area contributed by atoms with Gasteiger partial charge in [-0.2, -0.15) is 0 Å². The highest BCUT2D eigenvalue weighted by Crippen LogP contribution is 2.48. The molecule has 1 atom stereocenters. The fraction of sp³-hybridized carbons (Fsp3) is 0.731. The van der Waals surface area contributed by atoms with Crippen molar-refractivity contribution in [3.63, 3.8) is 0 Å². The number of esters is 1. The molecule has 6 nitrogen and oxygen atoms in total. The lowest BCUT2D eigenvalue weighted by Crippen LogP contribution is -2.24. The molecule has 1 N–H and O–H groups in total. The van der Waals surface area contributed by atoms with E-state index in [0.29, 0.717) is 25.0 Å². The molecule has 0 aliphatic heterocycles. The van der Waals surface area contributed by atoms with Gasteiger partial charge in [-0.25, -0.2) is 0 Å². The van der Waals surface area contributed by atoms with Crippen LogP contribution in [0.4, 0.5) is 0 Å². The van der Waals surface area contributed by atoms with Crippen LogP contribution in [0, 0.1) is 0 Å². The van der Waals surface area contributed by atoms with Gasteiger partial charge in [-0.05, 0) is 46.8 Å². The van der Waals surface area contributed by atoms with E-state index in [0.717, 1.165) is 36.0 Å². The van der Waals surface area contributed by atoms with E-state index < -0.39 is 13.7 Å². The van der Waals surface area contributed by atoms with Crippen LogP contribution >= 0.6 is 7.60 Å². The lowest BCUT2D eigenvalue weighted by atomic mass is 9.78. The summed E-state index contributed by atoms with van der Waals surface area (Å²) in [4.78, 5) is 12.4. The standard InChI is InChI=1S/C26H45O6P/c1-10-11-12-13-23(27)32-20(18-33(29,30-8)31-9)15-14-19-16-21(25(2,3)4)24(28)22(17-19)26(5,6)7/h16-17,20,28H,10-15,18H2,1-9H3. The van der Waals surface area contributed by atoms with Crippen LogP contribution in [0.25, 0.3) is 0 Å². The van der Waals surface area contributed by atoms with Gasteiger partial charge in [0.2, 0.25) is 0 Å². The van der Waals surface area contributed by atoms with Crippen molar-refractivity contribution in [2.24, 2.45) is 0 Å². The quantitative estimate of drug-likeness (QED) is 0.197. The Kier molecular flexibility index (Phi) is 11.1. The number of unbranched alkanes of at least 4 members (excludes halogenated alkanes) is 2. The van der Waals surface area contributed by atoms with Gasteiger partial charge in [0.15, 0.2) is 0 Å². The molecule has 0 fully saturated rings. The molecule has 0 heterocycles. The van der Waals surface area contributed by atoms with Gasteiger partial charge in [-0.3, -0.25) is 9.36 Å². The van der Waals surface area contributed by atoms with Crippen LogP contribution in [-0.4, -0.2) is 37.6 Å². The van der Waals surface area contributed by atoms with Crippen LogP contribution in [0.3, 0.4) is 0 Å². The number of rotatable bonds is 12. The number of phenols is 1. The number of hydrogen-bond donors (Lipinski definition) is 1. The van der Waals surface area contributed by atoms with E-state index in [2.05, 4.69) is 48.5 Å². The largest absolute Gasteiger partial charge is 0.507 e. The van der Waals surface area contributed by atoms with Crippen molar-refractivity contribution in [1.82, 2.24) is 0 Å². The van der Waals surface area contributed by atoms with E-state index in [1.807, 2.05) is 12.1 Å². The van der Waals surface area contributed by atoms with Crippen molar-refractivity contribution in [2.45, 2.75) is 104 Å². The van der Waals surface area contributed by atoms with E-state index in [1.54, 1.807) is 0 Å². The average Bonchev–Trinajstić information content (AvgIpc) is 2.71. The lowest BCUT2D eigenvalue weighted by molar-refractivity contribution is -0.148. The minimum absolute atomic E-state index is 0.00978. The molecule has 0 saturated heterocycles. The van der Waals surface area contributed by atoms with Crippen molar-refractivity contribution >= 4 is 13.6 Å². The molecule has 1 aromatic carbocycles. The zero-order valence-electron chi connectivity index (χ0n) is 22.1. The highest BCUT2D eigenvalue weighted by molar-refractivity contribution is 7.53. The molecule has 190 valence electrons. The first kappa shape index (κ1) is 29.7. The highest BCUT2D eigenvalue weighted by Gasteiger charge is 2.30. The van der Waals surface area contributed by atoms with Gasteiger partial charge >= 0.3 is 13.6 Å². The van der Waals surface area contributed by atoms with Crippen LogP contribution in [0.5, 0.6) is 5.75 Å². The first-order valence-electron chi connectivity index (χ1n) is 11.9. The predicted molar refractivity (Wildman–Crippen MR) is 134 cm³/mol. The van der Waals surface area contributed by atoms with Gasteiger partial charge < -0.3 is 18.9 Å². The summed E-state index contributed by atoms with van der Waals surface area (Å²) in [5.41, 5.74) is 2.36. The monoisotopic (exact) mass is 484 g/mol. The molecule has 0 spiro atoms. The molecule has 33 heavy (non-hydrogen) atoms. The van der Waals surface area contributed by atoms with Crippen molar-refractivity contribution < 1.29 is 28.3 Å². The van der Waals surface area contributed by atoms with Crippen molar-refractivity contribution in [3.8, 4) is 5.75 Å². The number of carbonyl (C=O) groups excluding carboxylic acids is 1. The van der Waals surface area contributed by atoms with Gasteiger partial charge in [0.05, 0.1) is 6.16 Å². The Morgan fingerprint density at radius 2 is 1.52 bits per heavy atom. The van der Waals surface area contributed by atoms with E-state index in [4.69, 9.17) is 13.8 Å². The summed E-state index contributed by atoms with van der Waals surface area (Å²) < 4.78 is 28.7. The number of hydrogen-bond acceptors (Lipinski definition) is 6. The maximum Gasteiger partial charge on any atom is 0.333 e. The first-order chi connectivity index (χ1) is 15.2. The minimum Gasteiger partial charge on any atom is -0.507 e. The number of benzene rings is 1. The Labute approximate surface area is 200 Å². The molecular formula is C26H45O6P. The van der Waals surface area contributed by atoms with Crippen LogP contribution in [0.15, 0.2) is 12.1 Å². The van der Waals surface area contributed by atoms with E-state index in [1.165, 1.54) is 14.2 Å². The molecule has 0 aliphatic carbocycles.